The van der Waals surface area contributed by atoms with Crippen molar-refractivity contribution in [2.75, 3.05) is 26.7 Å². The molecule has 2 aromatic carbocycles. The Balaban J connectivity index is 1.34. The second-order valence-electron chi connectivity index (χ2n) is 8.30. The van der Waals surface area contributed by atoms with Crippen LogP contribution >= 0.6 is 0 Å². The number of likely N-dealkylation sites (tertiary alicyclic amines) is 2. The van der Waals surface area contributed by atoms with Crippen LogP contribution in [0.2, 0.25) is 0 Å². The van der Waals surface area contributed by atoms with E-state index in [1.165, 1.54) is 24.1 Å². The van der Waals surface area contributed by atoms with Gasteiger partial charge in [0.1, 0.15) is 17.8 Å². The van der Waals surface area contributed by atoms with Crippen molar-refractivity contribution >= 4 is 0 Å². The molecule has 1 N–H and O–H groups in total. The molecule has 0 saturated carbocycles. The fourth-order valence-electron chi connectivity index (χ4n) is 4.85. The maximum absolute atomic E-state index is 13.1. The van der Waals surface area contributed by atoms with Crippen molar-refractivity contribution in [2.24, 2.45) is 0 Å². The third-order valence-corrected chi connectivity index (χ3v) is 6.55. The number of halogens is 1. The summed E-state index contributed by atoms with van der Waals surface area (Å²) in [6.45, 7) is 3.60. The Morgan fingerprint density at radius 2 is 1.72 bits per heavy atom. The Hall–Kier alpha value is -1.95. The summed E-state index contributed by atoms with van der Waals surface area (Å²) in [5.41, 5.74) is 2.43. The number of methoxy groups -OCH3 is 1. The molecule has 2 fully saturated rings. The second-order valence-corrected chi connectivity index (χ2v) is 8.30. The van der Waals surface area contributed by atoms with E-state index in [0.29, 0.717) is 12.5 Å². The highest BCUT2D eigenvalue weighted by Gasteiger charge is 2.37. The van der Waals surface area contributed by atoms with E-state index in [9.17, 15) is 9.50 Å². The zero-order chi connectivity index (χ0) is 20.2. The van der Waals surface area contributed by atoms with Crippen LogP contribution in [0.3, 0.4) is 0 Å². The molecule has 0 spiro atoms. The lowest BCUT2D eigenvalue weighted by atomic mass is 9.92. The molecule has 5 heteroatoms. The molecule has 2 aliphatic rings. The minimum absolute atomic E-state index is 0.185. The Labute approximate surface area is 172 Å². The molecular formula is C24H31FN2O2. The van der Waals surface area contributed by atoms with Gasteiger partial charge in [-0.2, -0.15) is 0 Å². The van der Waals surface area contributed by atoms with Gasteiger partial charge in [-0.25, -0.2) is 4.39 Å². The molecule has 4 rings (SSSR count). The summed E-state index contributed by atoms with van der Waals surface area (Å²) >= 11 is 0. The van der Waals surface area contributed by atoms with Gasteiger partial charge in [0.15, 0.2) is 0 Å². The first-order chi connectivity index (χ1) is 14.1. The van der Waals surface area contributed by atoms with E-state index in [-0.39, 0.29) is 11.9 Å². The van der Waals surface area contributed by atoms with Crippen LogP contribution in [-0.2, 0) is 6.54 Å². The van der Waals surface area contributed by atoms with Crippen LogP contribution in [-0.4, -0.2) is 53.9 Å². The summed E-state index contributed by atoms with van der Waals surface area (Å²) in [5, 5.41) is 10.9. The van der Waals surface area contributed by atoms with Gasteiger partial charge >= 0.3 is 0 Å². The highest BCUT2D eigenvalue weighted by Crippen LogP contribution is 2.32. The Morgan fingerprint density at radius 1 is 0.966 bits per heavy atom. The van der Waals surface area contributed by atoms with Crippen molar-refractivity contribution in [3.05, 3.63) is 65.5 Å². The fraction of sp³-hybridized carbons (Fsp3) is 0.500. The zero-order valence-corrected chi connectivity index (χ0v) is 17.1. The number of ether oxygens (including phenoxy) is 1. The van der Waals surface area contributed by atoms with Crippen molar-refractivity contribution in [2.45, 2.75) is 50.4 Å². The van der Waals surface area contributed by atoms with Crippen LogP contribution in [0.15, 0.2) is 48.5 Å². The minimum atomic E-state index is -0.461. The lowest BCUT2D eigenvalue weighted by Gasteiger charge is -2.32. The third kappa shape index (κ3) is 4.80. The molecule has 3 unspecified atom stereocenters. The number of nitrogens with zero attached hydrogens (tertiary/aromatic N) is 2. The molecule has 0 aromatic heterocycles. The standard InChI is InChI=1S/C24H31FN2O2/c1-29-22-10-6-20(7-11-22)19-3-2-14-26(15-12-19)23-13-16-27(24(23)28)17-18-4-8-21(25)9-5-18/h4-11,19,23-24,28H,2-3,12-17H2,1H3. The van der Waals surface area contributed by atoms with Gasteiger partial charge in [0.05, 0.1) is 13.2 Å². The molecule has 2 heterocycles. The topological polar surface area (TPSA) is 35.9 Å². The Bertz CT molecular complexity index is 780. The number of hydrogen-bond donors (Lipinski definition) is 1. The summed E-state index contributed by atoms with van der Waals surface area (Å²) in [5.74, 6) is 1.25. The van der Waals surface area contributed by atoms with E-state index in [2.05, 4.69) is 21.9 Å². The largest absolute Gasteiger partial charge is 0.497 e. The molecule has 29 heavy (non-hydrogen) atoms. The van der Waals surface area contributed by atoms with E-state index in [1.54, 1.807) is 19.2 Å². The Morgan fingerprint density at radius 3 is 2.45 bits per heavy atom. The van der Waals surface area contributed by atoms with Crippen molar-refractivity contribution < 1.29 is 14.2 Å². The lowest BCUT2D eigenvalue weighted by Crippen LogP contribution is -2.45. The van der Waals surface area contributed by atoms with Crippen LogP contribution < -0.4 is 4.74 Å². The first-order valence-electron chi connectivity index (χ1n) is 10.7. The molecule has 0 aliphatic carbocycles. The number of rotatable bonds is 5. The smallest absolute Gasteiger partial charge is 0.123 e. The normalized spacial score (nSPS) is 26.4. The SMILES string of the molecule is COc1ccc(C2CCCN(C3CCN(Cc4ccc(F)cc4)C3O)CC2)cc1. The predicted molar refractivity (Wildman–Crippen MR) is 112 cm³/mol. The molecule has 0 bridgehead atoms. The van der Waals surface area contributed by atoms with Gasteiger partial charge in [0.2, 0.25) is 0 Å². The predicted octanol–water partition coefficient (Wildman–Crippen LogP) is 4.00. The minimum Gasteiger partial charge on any atom is -0.497 e. The highest BCUT2D eigenvalue weighted by molar-refractivity contribution is 5.29. The van der Waals surface area contributed by atoms with Gasteiger partial charge in [-0.05, 0) is 80.1 Å². The molecule has 3 atom stereocenters. The van der Waals surface area contributed by atoms with Gasteiger partial charge < -0.3 is 9.84 Å². The average Bonchev–Trinajstić information content (AvgIpc) is 2.95. The van der Waals surface area contributed by atoms with Gasteiger partial charge in [0, 0.05) is 13.1 Å². The van der Waals surface area contributed by atoms with E-state index in [1.807, 2.05) is 12.1 Å². The molecule has 2 aromatic rings. The maximum atomic E-state index is 13.1. The first kappa shape index (κ1) is 20.3. The number of benzene rings is 2. The summed E-state index contributed by atoms with van der Waals surface area (Å²) in [6.07, 6.45) is 3.98. The zero-order valence-electron chi connectivity index (χ0n) is 17.1. The van der Waals surface area contributed by atoms with Crippen LogP contribution in [0, 0.1) is 5.82 Å². The molecule has 0 radical (unpaired) electrons. The number of aliphatic hydroxyl groups excluding tert-OH is 1. The molecule has 2 saturated heterocycles. The quantitative estimate of drug-likeness (QED) is 0.826. The molecule has 0 amide bonds. The van der Waals surface area contributed by atoms with Crippen LogP contribution in [0.4, 0.5) is 4.39 Å². The summed E-state index contributed by atoms with van der Waals surface area (Å²) in [4.78, 5) is 4.60. The number of aliphatic hydroxyl groups is 1. The van der Waals surface area contributed by atoms with Crippen molar-refractivity contribution in [3.8, 4) is 5.75 Å². The van der Waals surface area contributed by atoms with Crippen LogP contribution in [0.1, 0.15) is 42.7 Å². The second kappa shape index (κ2) is 9.24. The molecule has 156 valence electrons. The molecular weight excluding hydrogens is 367 g/mol. The number of hydrogen-bond acceptors (Lipinski definition) is 4. The van der Waals surface area contributed by atoms with Gasteiger partial charge in [-0.15, -0.1) is 0 Å². The molecule has 2 aliphatic heterocycles. The fourth-order valence-corrected chi connectivity index (χ4v) is 4.85. The molecule has 4 nitrogen and oxygen atoms in total. The first-order valence-corrected chi connectivity index (χ1v) is 10.7. The van der Waals surface area contributed by atoms with E-state index in [0.717, 1.165) is 50.2 Å². The summed E-state index contributed by atoms with van der Waals surface area (Å²) < 4.78 is 18.4. The monoisotopic (exact) mass is 398 g/mol. The van der Waals surface area contributed by atoms with Gasteiger partial charge in [-0.1, -0.05) is 24.3 Å². The van der Waals surface area contributed by atoms with Gasteiger partial charge in [0.25, 0.3) is 0 Å². The van der Waals surface area contributed by atoms with Crippen molar-refractivity contribution in [1.29, 1.82) is 0 Å². The van der Waals surface area contributed by atoms with Crippen molar-refractivity contribution in [3.63, 3.8) is 0 Å². The van der Waals surface area contributed by atoms with Gasteiger partial charge in [-0.3, -0.25) is 9.80 Å². The van der Waals surface area contributed by atoms with E-state index < -0.39 is 6.23 Å². The van der Waals surface area contributed by atoms with E-state index in [4.69, 9.17) is 4.74 Å². The average molecular weight is 399 g/mol. The maximum Gasteiger partial charge on any atom is 0.123 e. The lowest BCUT2D eigenvalue weighted by molar-refractivity contribution is -0.0192. The summed E-state index contributed by atoms with van der Waals surface area (Å²) in [7, 11) is 1.70. The van der Waals surface area contributed by atoms with Crippen molar-refractivity contribution in [1.82, 2.24) is 9.80 Å². The summed E-state index contributed by atoms with van der Waals surface area (Å²) in [6, 6.07) is 15.2. The van der Waals surface area contributed by atoms with E-state index >= 15 is 0 Å². The third-order valence-electron chi connectivity index (χ3n) is 6.55. The Kier molecular flexibility index (Phi) is 6.48. The highest BCUT2D eigenvalue weighted by atomic mass is 19.1. The van der Waals surface area contributed by atoms with Crippen LogP contribution in [0.25, 0.3) is 0 Å². The van der Waals surface area contributed by atoms with Crippen LogP contribution in [0.5, 0.6) is 5.75 Å².